The van der Waals surface area contributed by atoms with Crippen LogP contribution in [0.25, 0.3) is 5.69 Å². The summed E-state index contributed by atoms with van der Waals surface area (Å²) in [6.07, 6.45) is 5.30. The van der Waals surface area contributed by atoms with Crippen molar-refractivity contribution in [2.24, 2.45) is 7.05 Å². The highest BCUT2D eigenvalue weighted by Crippen LogP contribution is 2.33. The number of nitrogens with zero attached hydrogens (tertiary/aromatic N) is 6. The Morgan fingerprint density at radius 1 is 1.13 bits per heavy atom. The van der Waals surface area contributed by atoms with E-state index in [1.165, 1.54) is 28.7 Å². The Morgan fingerprint density at radius 3 is 2.70 bits per heavy atom. The van der Waals surface area contributed by atoms with E-state index < -0.39 is 0 Å². The van der Waals surface area contributed by atoms with Crippen LogP contribution < -0.4 is 0 Å². The van der Waals surface area contributed by atoms with E-state index in [0.717, 1.165) is 11.1 Å². The monoisotopic (exact) mass is 402 g/mol. The molecule has 0 aliphatic carbocycles. The van der Waals surface area contributed by atoms with Gasteiger partial charge in [0.2, 0.25) is 5.82 Å². The Labute approximate surface area is 172 Å². The van der Waals surface area contributed by atoms with Crippen LogP contribution in [0.15, 0.2) is 67.3 Å². The summed E-state index contributed by atoms with van der Waals surface area (Å²) in [7, 11) is 1.88. The first-order valence-electron chi connectivity index (χ1n) is 9.62. The molecule has 0 radical (unpaired) electrons. The van der Waals surface area contributed by atoms with E-state index in [0.29, 0.717) is 18.8 Å². The maximum atomic E-state index is 13.2. The molecule has 0 N–H and O–H groups in total. The standard InChI is InChI=1S/C22H19FN6O/c1-27-11-16(10-25-27)20-13-28(12-15-4-2-3-5-19(15)20)22(30)21-24-14-29(26-21)18-8-6-17(23)7-9-18/h2-11,14,20H,12-13H2,1H3. The van der Waals surface area contributed by atoms with Crippen molar-refractivity contribution in [2.75, 3.05) is 6.54 Å². The molecule has 1 aliphatic heterocycles. The fourth-order valence-electron chi connectivity index (χ4n) is 3.89. The first-order chi connectivity index (χ1) is 14.6. The largest absolute Gasteiger partial charge is 0.331 e. The minimum absolute atomic E-state index is 0.0341. The van der Waals surface area contributed by atoms with E-state index in [2.05, 4.69) is 21.2 Å². The van der Waals surface area contributed by atoms with E-state index in [1.807, 2.05) is 37.6 Å². The molecule has 0 spiro atoms. The molecule has 0 saturated heterocycles. The molecule has 1 atom stereocenters. The molecule has 150 valence electrons. The number of benzene rings is 2. The third kappa shape index (κ3) is 3.26. The molecular weight excluding hydrogens is 383 g/mol. The van der Waals surface area contributed by atoms with Gasteiger partial charge < -0.3 is 4.90 Å². The number of aromatic nitrogens is 5. The van der Waals surface area contributed by atoms with E-state index in [9.17, 15) is 9.18 Å². The van der Waals surface area contributed by atoms with Crippen LogP contribution in [0.5, 0.6) is 0 Å². The first-order valence-corrected chi connectivity index (χ1v) is 9.62. The van der Waals surface area contributed by atoms with Crippen LogP contribution in [0.2, 0.25) is 0 Å². The van der Waals surface area contributed by atoms with Crippen LogP contribution in [0.3, 0.4) is 0 Å². The summed E-state index contributed by atoms with van der Waals surface area (Å²) in [4.78, 5) is 19.2. The van der Waals surface area contributed by atoms with E-state index in [4.69, 9.17) is 0 Å². The lowest BCUT2D eigenvalue weighted by atomic mass is 9.86. The van der Waals surface area contributed by atoms with Crippen LogP contribution in [-0.2, 0) is 13.6 Å². The van der Waals surface area contributed by atoms with E-state index >= 15 is 0 Å². The molecule has 0 saturated carbocycles. The molecule has 0 bridgehead atoms. The van der Waals surface area contributed by atoms with Crippen molar-refractivity contribution in [3.8, 4) is 5.69 Å². The third-order valence-electron chi connectivity index (χ3n) is 5.38. The Balaban J connectivity index is 1.44. The Morgan fingerprint density at radius 2 is 1.93 bits per heavy atom. The number of rotatable bonds is 3. The molecule has 7 nitrogen and oxygen atoms in total. The summed E-state index contributed by atoms with van der Waals surface area (Å²) >= 11 is 0. The highest BCUT2D eigenvalue weighted by atomic mass is 19.1. The predicted octanol–water partition coefficient (Wildman–Crippen LogP) is 2.93. The maximum absolute atomic E-state index is 13.2. The molecule has 2 aromatic carbocycles. The third-order valence-corrected chi connectivity index (χ3v) is 5.38. The zero-order valence-electron chi connectivity index (χ0n) is 16.3. The highest BCUT2D eigenvalue weighted by Gasteiger charge is 2.31. The number of aryl methyl sites for hydroxylation is 1. The Kier molecular flexibility index (Phi) is 4.39. The van der Waals surface area contributed by atoms with Gasteiger partial charge in [0, 0.05) is 32.3 Å². The molecule has 1 aliphatic rings. The number of carbonyl (C=O) groups excluding carboxylic acids is 1. The molecule has 4 aromatic rings. The zero-order valence-corrected chi connectivity index (χ0v) is 16.3. The van der Waals surface area contributed by atoms with Crippen molar-refractivity contribution in [2.45, 2.75) is 12.5 Å². The van der Waals surface area contributed by atoms with Gasteiger partial charge in [-0.05, 0) is 41.0 Å². The lowest BCUT2D eigenvalue weighted by Crippen LogP contribution is -2.39. The second-order valence-electron chi connectivity index (χ2n) is 7.37. The Hall–Kier alpha value is -3.81. The normalized spacial score (nSPS) is 15.8. The lowest BCUT2D eigenvalue weighted by Gasteiger charge is -2.33. The molecule has 0 fully saturated rings. The fraction of sp³-hybridized carbons (Fsp3) is 0.182. The van der Waals surface area contributed by atoms with Crippen molar-refractivity contribution in [3.63, 3.8) is 0 Å². The number of hydrogen-bond acceptors (Lipinski definition) is 4. The smallest absolute Gasteiger partial charge is 0.293 e. The van der Waals surface area contributed by atoms with Crippen LogP contribution in [0.1, 0.15) is 33.2 Å². The maximum Gasteiger partial charge on any atom is 0.293 e. The SMILES string of the molecule is Cn1cc(C2CN(C(=O)c3ncn(-c4ccc(F)cc4)n3)Cc3ccccc32)cn1. The van der Waals surface area contributed by atoms with Crippen molar-refractivity contribution < 1.29 is 9.18 Å². The quantitative estimate of drug-likeness (QED) is 0.528. The summed E-state index contributed by atoms with van der Waals surface area (Å²) in [5.41, 5.74) is 4.01. The molecule has 3 heterocycles. The van der Waals surface area contributed by atoms with Gasteiger partial charge in [0.15, 0.2) is 0 Å². The topological polar surface area (TPSA) is 68.8 Å². The predicted molar refractivity (Wildman–Crippen MR) is 108 cm³/mol. The molecule has 1 unspecified atom stereocenters. The number of hydrogen-bond donors (Lipinski definition) is 0. The second kappa shape index (κ2) is 7.22. The zero-order chi connectivity index (χ0) is 20.7. The average Bonchev–Trinajstić information content (AvgIpc) is 3.42. The van der Waals surface area contributed by atoms with Crippen molar-refractivity contribution in [3.05, 3.63) is 95.6 Å². The van der Waals surface area contributed by atoms with Crippen molar-refractivity contribution >= 4 is 5.91 Å². The molecule has 1 amide bonds. The number of fused-ring (bicyclic) bond motifs is 1. The number of carbonyl (C=O) groups is 1. The van der Waals surface area contributed by atoms with Gasteiger partial charge in [-0.1, -0.05) is 24.3 Å². The molecule has 8 heteroatoms. The van der Waals surface area contributed by atoms with Crippen molar-refractivity contribution in [1.82, 2.24) is 29.4 Å². The fourth-order valence-corrected chi connectivity index (χ4v) is 3.89. The highest BCUT2D eigenvalue weighted by molar-refractivity contribution is 5.90. The van der Waals surface area contributed by atoms with Gasteiger partial charge in [0.1, 0.15) is 12.1 Å². The number of halogens is 1. The lowest BCUT2D eigenvalue weighted by molar-refractivity contribution is 0.0712. The summed E-state index contributed by atoms with van der Waals surface area (Å²) < 4.78 is 16.4. The summed E-state index contributed by atoms with van der Waals surface area (Å²) in [6, 6.07) is 14.0. The van der Waals surface area contributed by atoms with Crippen LogP contribution >= 0.6 is 0 Å². The van der Waals surface area contributed by atoms with Gasteiger partial charge in [0.05, 0.1) is 11.9 Å². The van der Waals surface area contributed by atoms with E-state index in [1.54, 1.807) is 21.7 Å². The van der Waals surface area contributed by atoms with Gasteiger partial charge in [-0.25, -0.2) is 14.1 Å². The minimum atomic E-state index is -0.330. The summed E-state index contributed by atoms with van der Waals surface area (Å²) in [5.74, 6) is -0.418. The molecular formula is C22H19FN6O. The van der Waals surface area contributed by atoms with Crippen LogP contribution in [0.4, 0.5) is 4.39 Å². The Bertz CT molecular complexity index is 1210. The summed E-state index contributed by atoms with van der Waals surface area (Å²) in [5, 5.41) is 8.61. The van der Waals surface area contributed by atoms with Gasteiger partial charge in [-0.2, -0.15) is 5.10 Å². The molecule has 30 heavy (non-hydrogen) atoms. The van der Waals surface area contributed by atoms with Gasteiger partial charge in [-0.15, -0.1) is 5.10 Å². The second-order valence-corrected chi connectivity index (χ2v) is 7.37. The average molecular weight is 402 g/mol. The molecule has 2 aromatic heterocycles. The number of amides is 1. The first kappa shape index (κ1) is 18.2. The van der Waals surface area contributed by atoms with Crippen LogP contribution in [0, 0.1) is 5.82 Å². The molecule has 5 rings (SSSR count). The summed E-state index contributed by atoms with van der Waals surface area (Å²) in [6.45, 7) is 1.02. The van der Waals surface area contributed by atoms with Gasteiger partial charge in [0.25, 0.3) is 5.91 Å². The van der Waals surface area contributed by atoms with Gasteiger partial charge >= 0.3 is 0 Å². The van der Waals surface area contributed by atoms with Crippen LogP contribution in [-0.4, -0.2) is 41.9 Å². The minimum Gasteiger partial charge on any atom is -0.331 e. The van der Waals surface area contributed by atoms with Gasteiger partial charge in [-0.3, -0.25) is 9.48 Å². The van der Waals surface area contributed by atoms with E-state index in [-0.39, 0.29) is 23.5 Å². The van der Waals surface area contributed by atoms with Crippen molar-refractivity contribution in [1.29, 1.82) is 0 Å².